The van der Waals surface area contributed by atoms with E-state index in [9.17, 15) is 8.42 Å². The summed E-state index contributed by atoms with van der Waals surface area (Å²) in [5, 5.41) is 4.16. The molecule has 1 aromatic rings. The molecule has 1 atom stereocenters. The van der Waals surface area contributed by atoms with Crippen LogP contribution in [0.4, 0.5) is 0 Å². The van der Waals surface area contributed by atoms with E-state index in [-0.39, 0.29) is 11.9 Å². The van der Waals surface area contributed by atoms with Crippen molar-refractivity contribution in [2.45, 2.75) is 31.8 Å². The average Bonchev–Trinajstić information content (AvgIpc) is 2.95. The Morgan fingerprint density at radius 1 is 1.41 bits per heavy atom. The van der Waals surface area contributed by atoms with Gasteiger partial charge >= 0.3 is 0 Å². The molecule has 0 aromatic carbocycles. The molecule has 0 radical (unpaired) electrons. The van der Waals surface area contributed by atoms with Crippen LogP contribution in [-0.2, 0) is 21.8 Å². The number of nitrogens with zero attached hydrogens (tertiary/aromatic N) is 3. The molecule has 0 spiro atoms. The molecule has 122 valence electrons. The summed E-state index contributed by atoms with van der Waals surface area (Å²) in [6, 6.07) is 0. The third-order valence-corrected chi connectivity index (χ3v) is 6.15. The van der Waals surface area contributed by atoms with Crippen LogP contribution in [0.5, 0.6) is 0 Å². The summed E-state index contributed by atoms with van der Waals surface area (Å²) >= 11 is 0. The molecule has 6 nitrogen and oxygen atoms in total. The fourth-order valence-electron chi connectivity index (χ4n) is 3.03. The van der Waals surface area contributed by atoms with Gasteiger partial charge in [0.2, 0.25) is 10.0 Å². The van der Waals surface area contributed by atoms with Gasteiger partial charge in [0.15, 0.2) is 0 Å². The first-order chi connectivity index (χ1) is 10.5. The van der Waals surface area contributed by atoms with Gasteiger partial charge in [-0.2, -0.15) is 9.40 Å². The number of sulfonamides is 1. The lowest BCUT2D eigenvalue weighted by atomic mass is 10.1. The average molecular weight is 325 g/mol. The van der Waals surface area contributed by atoms with Gasteiger partial charge in [0.05, 0.1) is 18.1 Å². The van der Waals surface area contributed by atoms with E-state index < -0.39 is 10.0 Å². The smallest absolute Gasteiger partial charge is 0.216 e. The van der Waals surface area contributed by atoms with E-state index >= 15 is 0 Å². The van der Waals surface area contributed by atoms with Crippen molar-refractivity contribution >= 4 is 15.6 Å². The van der Waals surface area contributed by atoms with Gasteiger partial charge < -0.3 is 4.74 Å². The minimum atomic E-state index is -3.28. The van der Waals surface area contributed by atoms with Crippen molar-refractivity contribution in [3.8, 4) is 0 Å². The maximum absolute atomic E-state index is 12.6. The van der Waals surface area contributed by atoms with Crippen molar-refractivity contribution in [3.05, 3.63) is 24.0 Å². The summed E-state index contributed by atoms with van der Waals surface area (Å²) in [5.74, 6) is 0.104. The normalized spacial score (nSPS) is 24.2. The standard InChI is InChI=1S/C15H23N3O3S/c1-17-10-14(9-16-17)13-5-4-7-18(11-13)22(19,20)12-15-6-2-3-8-21-15/h5,9-10,15H,2-4,6-8,11-12H2,1H3. The summed E-state index contributed by atoms with van der Waals surface area (Å²) in [6.45, 7) is 1.67. The van der Waals surface area contributed by atoms with Crippen molar-refractivity contribution in [3.63, 3.8) is 0 Å². The SMILES string of the molecule is Cn1cc(C2=CCCN(S(=O)(=O)CC3CCCCO3)C2)cn1. The minimum absolute atomic E-state index is 0.104. The first-order valence-corrected chi connectivity index (χ1v) is 9.43. The zero-order chi connectivity index (χ0) is 15.6. The van der Waals surface area contributed by atoms with E-state index in [1.807, 2.05) is 13.2 Å². The van der Waals surface area contributed by atoms with Gasteiger partial charge in [-0.25, -0.2) is 8.42 Å². The van der Waals surface area contributed by atoms with Crippen LogP contribution in [0, 0.1) is 0 Å². The third-order valence-electron chi connectivity index (χ3n) is 4.26. The number of ether oxygens (including phenoxy) is 1. The Morgan fingerprint density at radius 3 is 2.95 bits per heavy atom. The van der Waals surface area contributed by atoms with Crippen molar-refractivity contribution in [2.75, 3.05) is 25.4 Å². The number of hydrogen-bond donors (Lipinski definition) is 0. The molecule has 0 aliphatic carbocycles. The molecular formula is C15H23N3O3S. The van der Waals surface area contributed by atoms with Crippen molar-refractivity contribution < 1.29 is 13.2 Å². The molecule has 1 aromatic heterocycles. The topological polar surface area (TPSA) is 64.4 Å². The highest BCUT2D eigenvalue weighted by atomic mass is 32.2. The Labute approximate surface area is 131 Å². The van der Waals surface area contributed by atoms with Gasteiger partial charge in [0.25, 0.3) is 0 Å². The second-order valence-corrected chi connectivity index (χ2v) is 8.03. The zero-order valence-corrected chi connectivity index (χ0v) is 13.8. The lowest BCUT2D eigenvalue weighted by Gasteiger charge is -2.29. The minimum Gasteiger partial charge on any atom is -0.377 e. The van der Waals surface area contributed by atoms with Crippen LogP contribution in [0.3, 0.4) is 0 Å². The molecule has 3 heterocycles. The van der Waals surface area contributed by atoms with Gasteiger partial charge in [0, 0.05) is 38.5 Å². The van der Waals surface area contributed by atoms with Crippen LogP contribution < -0.4 is 0 Å². The summed E-state index contributed by atoms with van der Waals surface area (Å²) < 4.78 is 34.2. The van der Waals surface area contributed by atoms with E-state index in [4.69, 9.17) is 4.74 Å². The van der Waals surface area contributed by atoms with Gasteiger partial charge in [-0.3, -0.25) is 4.68 Å². The van der Waals surface area contributed by atoms with E-state index in [2.05, 4.69) is 11.2 Å². The highest BCUT2D eigenvalue weighted by molar-refractivity contribution is 7.89. The first kappa shape index (κ1) is 15.7. The molecule has 7 heteroatoms. The van der Waals surface area contributed by atoms with Gasteiger partial charge in [0.1, 0.15) is 0 Å². The highest BCUT2D eigenvalue weighted by Gasteiger charge is 2.29. The van der Waals surface area contributed by atoms with E-state index in [0.29, 0.717) is 19.7 Å². The fraction of sp³-hybridized carbons (Fsp3) is 0.667. The maximum atomic E-state index is 12.6. The molecule has 2 aliphatic heterocycles. The molecule has 1 unspecified atom stereocenters. The second-order valence-electron chi connectivity index (χ2n) is 6.02. The van der Waals surface area contributed by atoms with E-state index in [1.54, 1.807) is 15.2 Å². The highest BCUT2D eigenvalue weighted by Crippen LogP contribution is 2.24. The Hall–Kier alpha value is -1.18. The summed E-state index contributed by atoms with van der Waals surface area (Å²) in [6.07, 6.45) is 9.35. The van der Waals surface area contributed by atoms with E-state index in [0.717, 1.165) is 36.8 Å². The lowest BCUT2D eigenvalue weighted by Crippen LogP contribution is -2.41. The summed E-state index contributed by atoms with van der Waals surface area (Å²) in [4.78, 5) is 0. The number of aryl methyl sites for hydroxylation is 1. The monoisotopic (exact) mass is 325 g/mol. The second kappa shape index (κ2) is 6.52. The molecule has 3 rings (SSSR count). The predicted molar refractivity (Wildman–Crippen MR) is 84.8 cm³/mol. The largest absolute Gasteiger partial charge is 0.377 e. The van der Waals surface area contributed by atoms with Crippen molar-refractivity contribution in [1.29, 1.82) is 0 Å². The van der Waals surface area contributed by atoms with Gasteiger partial charge in [-0.05, 0) is 31.3 Å². The molecule has 0 N–H and O–H groups in total. The van der Waals surface area contributed by atoms with Crippen molar-refractivity contribution in [2.24, 2.45) is 7.05 Å². The maximum Gasteiger partial charge on any atom is 0.216 e. The van der Waals surface area contributed by atoms with Crippen molar-refractivity contribution in [1.82, 2.24) is 14.1 Å². The molecular weight excluding hydrogens is 302 g/mol. The molecule has 1 saturated heterocycles. The Bertz CT molecular complexity index is 645. The molecule has 0 bridgehead atoms. The zero-order valence-electron chi connectivity index (χ0n) is 12.9. The number of hydrogen-bond acceptors (Lipinski definition) is 4. The van der Waals surface area contributed by atoms with Gasteiger partial charge in [-0.1, -0.05) is 6.08 Å². The van der Waals surface area contributed by atoms with Gasteiger partial charge in [-0.15, -0.1) is 0 Å². The van der Waals surface area contributed by atoms with Crippen LogP contribution in [0.25, 0.3) is 5.57 Å². The fourth-order valence-corrected chi connectivity index (χ4v) is 4.69. The lowest BCUT2D eigenvalue weighted by molar-refractivity contribution is 0.0299. The molecule has 0 amide bonds. The van der Waals surface area contributed by atoms with Crippen LogP contribution in [0.1, 0.15) is 31.2 Å². The Morgan fingerprint density at radius 2 is 2.27 bits per heavy atom. The molecule has 1 fully saturated rings. The predicted octanol–water partition coefficient (Wildman–Crippen LogP) is 1.41. The van der Waals surface area contributed by atoms with E-state index in [1.165, 1.54) is 0 Å². The molecule has 22 heavy (non-hydrogen) atoms. The summed E-state index contributed by atoms with van der Waals surface area (Å²) in [5.41, 5.74) is 2.03. The number of aromatic nitrogens is 2. The summed E-state index contributed by atoms with van der Waals surface area (Å²) in [7, 11) is -1.41. The Balaban J connectivity index is 1.68. The van der Waals surface area contributed by atoms with Crippen LogP contribution in [-0.4, -0.2) is 54.1 Å². The van der Waals surface area contributed by atoms with Crippen LogP contribution >= 0.6 is 0 Å². The van der Waals surface area contributed by atoms with Crippen LogP contribution in [0.15, 0.2) is 18.5 Å². The molecule has 2 aliphatic rings. The van der Waals surface area contributed by atoms with Crippen LogP contribution in [0.2, 0.25) is 0 Å². The first-order valence-electron chi connectivity index (χ1n) is 7.82. The molecule has 0 saturated carbocycles. The third kappa shape index (κ3) is 3.59. The Kier molecular flexibility index (Phi) is 4.65. The number of rotatable bonds is 4. The quantitative estimate of drug-likeness (QED) is 0.839.